The smallest absolute Gasteiger partial charge is 0.323 e. The first-order valence-electron chi connectivity index (χ1n) is 9.11. The lowest BCUT2D eigenvalue weighted by molar-refractivity contribution is 0.208. The van der Waals surface area contributed by atoms with Crippen molar-refractivity contribution in [1.82, 2.24) is 14.9 Å². The maximum atomic E-state index is 13.5. The fourth-order valence-corrected chi connectivity index (χ4v) is 3.44. The van der Waals surface area contributed by atoms with Crippen LogP contribution in [-0.2, 0) is 0 Å². The maximum Gasteiger partial charge on any atom is 0.323 e. The van der Waals surface area contributed by atoms with Crippen molar-refractivity contribution in [2.24, 2.45) is 0 Å². The number of aromatic nitrogens is 2. The van der Waals surface area contributed by atoms with Crippen LogP contribution in [0.15, 0.2) is 42.5 Å². The van der Waals surface area contributed by atoms with Crippen LogP contribution in [0.1, 0.15) is 0 Å². The molecule has 0 bridgehead atoms. The molecule has 0 spiro atoms. The van der Waals surface area contributed by atoms with Gasteiger partial charge >= 0.3 is 6.03 Å². The summed E-state index contributed by atoms with van der Waals surface area (Å²) in [6, 6.07) is 11.4. The third-order valence-electron chi connectivity index (χ3n) is 4.75. The van der Waals surface area contributed by atoms with Gasteiger partial charge in [0.2, 0.25) is 0 Å². The molecule has 1 fully saturated rings. The van der Waals surface area contributed by atoms with Gasteiger partial charge in [-0.3, -0.25) is 5.32 Å². The van der Waals surface area contributed by atoms with Crippen molar-refractivity contribution in [2.75, 3.05) is 43.5 Å². The van der Waals surface area contributed by atoms with Crippen LogP contribution in [0.3, 0.4) is 0 Å². The summed E-state index contributed by atoms with van der Waals surface area (Å²) in [5.74, 6) is -0.0886. The molecule has 1 saturated heterocycles. The molecule has 3 aromatic rings. The Hall–Kier alpha value is -3.13. The molecular weight excluding hydrogens is 397 g/mol. The van der Waals surface area contributed by atoms with Crippen LogP contribution >= 0.6 is 11.6 Å². The van der Waals surface area contributed by atoms with Gasteiger partial charge in [-0.05, 0) is 30.3 Å². The van der Waals surface area contributed by atoms with E-state index in [1.165, 1.54) is 25.3 Å². The molecule has 4 rings (SSSR count). The first-order chi connectivity index (χ1) is 14.0. The highest BCUT2D eigenvalue weighted by Gasteiger charge is 2.23. The monoisotopic (exact) mass is 415 g/mol. The molecule has 7 nitrogen and oxygen atoms in total. The number of rotatable bonds is 3. The Morgan fingerprint density at radius 2 is 1.90 bits per heavy atom. The maximum absolute atomic E-state index is 13.5. The number of piperazine rings is 1. The van der Waals surface area contributed by atoms with Gasteiger partial charge in [0.1, 0.15) is 5.82 Å². The van der Waals surface area contributed by atoms with E-state index in [-0.39, 0.29) is 17.7 Å². The Morgan fingerprint density at radius 1 is 1.10 bits per heavy atom. The average Bonchev–Trinajstić information content (AvgIpc) is 2.73. The summed E-state index contributed by atoms with van der Waals surface area (Å²) in [4.78, 5) is 25.2. The second kappa shape index (κ2) is 8.08. The summed E-state index contributed by atoms with van der Waals surface area (Å²) in [5.41, 5.74) is 1.85. The summed E-state index contributed by atoms with van der Waals surface area (Å²) >= 11 is 6.06. The minimum atomic E-state index is -0.425. The number of amides is 2. The number of nitrogens with one attached hydrogen (secondary N) is 1. The van der Waals surface area contributed by atoms with Gasteiger partial charge in [-0.15, -0.1) is 0 Å². The van der Waals surface area contributed by atoms with Crippen molar-refractivity contribution in [3.05, 3.63) is 53.3 Å². The lowest BCUT2D eigenvalue weighted by atomic mass is 10.2. The van der Waals surface area contributed by atoms with E-state index >= 15 is 0 Å². The lowest BCUT2D eigenvalue weighted by Gasteiger charge is -2.36. The van der Waals surface area contributed by atoms with Gasteiger partial charge in [-0.1, -0.05) is 17.7 Å². The number of anilines is 2. The minimum absolute atomic E-state index is 0.160. The molecule has 0 aliphatic carbocycles. The SMILES string of the molecule is COc1nc2ccc(F)cc2nc1NC(=O)N1CCN(c2cccc(Cl)c2)CC1. The van der Waals surface area contributed by atoms with E-state index in [0.717, 1.165) is 5.69 Å². The van der Waals surface area contributed by atoms with E-state index in [1.807, 2.05) is 24.3 Å². The zero-order valence-electron chi connectivity index (χ0n) is 15.7. The van der Waals surface area contributed by atoms with Crippen LogP contribution in [0.2, 0.25) is 5.02 Å². The quantitative estimate of drug-likeness (QED) is 0.704. The molecule has 1 N–H and O–H groups in total. The second-order valence-electron chi connectivity index (χ2n) is 6.60. The van der Waals surface area contributed by atoms with Gasteiger partial charge in [0.05, 0.1) is 18.1 Å². The van der Waals surface area contributed by atoms with Gasteiger partial charge in [0, 0.05) is 43.0 Å². The molecule has 2 aromatic carbocycles. The number of hydrogen-bond donors (Lipinski definition) is 1. The molecule has 1 aromatic heterocycles. The fourth-order valence-electron chi connectivity index (χ4n) is 3.26. The molecule has 2 amide bonds. The van der Waals surface area contributed by atoms with Crippen molar-refractivity contribution in [3.63, 3.8) is 0 Å². The molecule has 0 saturated carbocycles. The summed E-state index contributed by atoms with van der Waals surface area (Å²) in [6.07, 6.45) is 0. The second-order valence-corrected chi connectivity index (χ2v) is 7.04. The van der Waals surface area contributed by atoms with Crippen molar-refractivity contribution < 1.29 is 13.9 Å². The Bertz CT molecular complexity index is 1060. The van der Waals surface area contributed by atoms with E-state index in [9.17, 15) is 9.18 Å². The number of carbonyl (C=O) groups excluding carboxylic acids is 1. The normalized spacial score (nSPS) is 14.2. The molecule has 29 heavy (non-hydrogen) atoms. The summed E-state index contributed by atoms with van der Waals surface area (Å²) in [7, 11) is 1.44. The third kappa shape index (κ3) is 4.17. The largest absolute Gasteiger partial charge is 0.478 e. The molecule has 0 radical (unpaired) electrons. The van der Waals surface area contributed by atoms with E-state index in [0.29, 0.717) is 42.2 Å². The summed E-state index contributed by atoms with van der Waals surface area (Å²) in [5, 5.41) is 3.41. The molecule has 2 heterocycles. The first-order valence-corrected chi connectivity index (χ1v) is 9.49. The molecule has 0 atom stereocenters. The van der Waals surface area contributed by atoms with Crippen LogP contribution in [-0.4, -0.2) is 54.2 Å². The Labute approximate surface area is 172 Å². The topological polar surface area (TPSA) is 70.6 Å². The average molecular weight is 416 g/mol. The van der Waals surface area contributed by atoms with E-state index < -0.39 is 5.82 Å². The van der Waals surface area contributed by atoms with Crippen molar-refractivity contribution in [3.8, 4) is 5.88 Å². The minimum Gasteiger partial charge on any atom is -0.478 e. The number of hydrogen-bond acceptors (Lipinski definition) is 5. The Balaban J connectivity index is 1.46. The Kier molecular flexibility index (Phi) is 5.35. The zero-order chi connectivity index (χ0) is 20.4. The van der Waals surface area contributed by atoms with E-state index in [1.54, 1.807) is 4.90 Å². The van der Waals surface area contributed by atoms with Crippen LogP contribution in [0.4, 0.5) is 20.7 Å². The fraction of sp³-hybridized carbons (Fsp3) is 0.250. The highest BCUT2D eigenvalue weighted by atomic mass is 35.5. The van der Waals surface area contributed by atoms with Crippen LogP contribution in [0, 0.1) is 5.82 Å². The van der Waals surface area contributed by atoms with Gasteiger partial charge in [-0.2, -0.15) is 0 Å². The highest BCUT2D eigenvalue weighted by molar-refractivity contribution is 6.30. The predicted molar refractivity (Wildman–Crippen MR) is 110 cm³/mol. The number of ether oxygens (including phenoxy) is 1. The number of fused-ring (bicyclic) bond motifs is 1. The predicted octanol–water partition coefficient (Wildman–Crippen LogP) is 3.79. The number of urea groups is 1. The van der Waals surface area contributed by atoms with Crippen LogP contribution < -0.4 is 15.0 Å². The van der Waals surface area contributed by atoms with E-state index in [4.69, 9.17) is 16.3 Å². The standard InChI is InChI=1S/C20H19ClFN5O2/c1-29-19-18(23-17-12-14(22)5-6-16(17)24-19)25-20(28)27-9-7-26(8-10-27)15-4-2-3-13(21)11-15/h2-6,11-12H,7-10H2,1H3,(H,23,25,28). The van der Waals surface area contributed by atoms with Gasteiger partial charge in [-0.25, -0.2) is 19.2 Å². The van der Waals surface area contributed by atoms with Crippen molar-refractivity contribution in [1.29, 1.82) is 0 Å². The number of halogens is 2. The molecular formula is C20H19ClFN5O2. The molecule has 0 unspecified atom stereocenters. The lowest BCUT2D eigenvalue weighted by Crippen LogP contribution is -2.50. The number of methoxy groups -OCH3 is 1. The van der Waals surface area contributed by atoms with E-state index in [2.05, 4.69) is 20.2 Å². The molecule has 1 aliphatic heterocycles. The number of nitrogens with zero attached hydrogens (tertiary/aromatic N) is 4. The van der Waals surface area contributed by atoms with Gasteiger partial charge < -0.3 is 14.5 Å². The third-order valence-corrected chi connectivity index (χ3v) is 4.99. The molecule has 1 aliphatic rings. The molecule has 9 heteroatoms. The van der Waals surface area contributed by atoms with Crippen molar-refractivity contribution >= 4 is 40.2 Å². The van der Waals surface area contributed by atoms with Crippen LogP contribution in [0.5, 0.6) is 5.88 Å². The number of carbonyl (C=O) groups is 1. The van der Waals surface area contributed by atoms with Crippen LogP contribution in [0.25, 0.3) is 11.0 Å². The zero-order valence-corrected chi connectivity index (χ0v) is 16.5. The highest BCUT2D eigenvalue weighted by Crippen LogP contribution is 2.25. The van der Waals surface area contributed by atoms with Crippen molar-refractivity contribution in [2.45, 2.75) is 0 Å². The first kappa shape index (κ1) is 19.2. The van der Waals surface area contributed by atoms with Gasteiger partial charge in [0.25, 0.3) is 5.88 Å². The summed E-state index contributed by atoms with van der Waals surface area (Å²) < 4.78 is 18.7. The summed E-state index contributed by atoms with van der Waals surface area (Å²) in [6.45, 7) is 2.44. The molecule has 150 valence electrons. The Morgan fingerprint density at radius 3 is 2.62 bits per heavy atom. The number of benzene rings is 2. The van der Waals surface area contributed by atoms with Gasteiger partial charge in [0.15, 0.2) is 5.82 Å².